The van der Waals surface area contributed by atoms with Crippen LogP contribution in [0.4, 0.5) is 11.4 Å². The van der Waals surface area contributed by atoms with Gasteiger partial charge in [0.15, 0.2) is 0 Å². The number of rotatable bonds is 6. The highest BCUT2D eigenvalue weighted by molar-refractivity contribution is 7.89. The highest BCUT2D eigenvalue weighted by Crippen LogP contribution is 2.37. The van der Waals surface area contributed by atoms with Crippen molar-refractivity contribution < 1.29 is 13.3 Å². The SMILES string of the molecule is Cc1cc(CNc2c([N+](=O)[O-])cnc(C)c2-c2ccccc2)ccc1S(N)(=O)=O. The van der Waals surface area contributed by atoms with Crippen LogP contribution in [0.5, 0.6) is 0 Å². The van der Waals surface area contributed by atoms with Crippen LogP contribution in [0.15, 0.2) is 59.6 Å². The molecule has 150 valence electrons. The van der Waals surface area contributed by atoms with E-state index in [0.717, 1.165) is 11.1 Å². The summed E-state index contributed by atoms with van der Waals surface area (Å²) in [6.07, 6.45) is 1.24. The minimum absolute atomic E-state index is 0.0527. The maximum Gasteiger partial charge on any atom is 0.311 e. The van der Waals surface area contributed by atoms with Gasteiger partial charge in [-0.15, -0.1) is 0 Å². The van der Waals surface area contributed by atoms with E-state index < -0.39 is 14.9 Å². The number of sulfonamides is 1. The highest BCUT2D eigenvalue weighted by Gasteiger charge is 2.22. The molecule has 2 aromatic carbocycles. The summed E-state index contributed by atoms with van der Waals surface area (Å²) in [5, 5.41) is 19.9. The fraction of sp³-hybridized carbons (Fsp3) is 0.150. The first-order valence-electron chi connectivity index (χ1n) is 8.74. The predicted molar refractivity (Wildman–Crippen MR) is 111 cm³/mol. The Labute approximate surface area is 168 Å². The van der Waals surface area contributed by atoms with Crippen LogP contribution in [-0.4, -0.2) is 18.3 Å². The molecule has 0 atom stereocenters. The van der Waals surface area contributed by atoms with Crippen LogP contribution in [0.25, 0.3) is 11.1 Å². The number of hydrogen-bond donors (Lipinski definition) is 2. The third kappa shape index (κ3) is 4.41. The quantitative estimate of drug-likeness (QED) is 0.471. The van der Waals surface area contributed by atoms with Crippen molar-refractivity contribution in [2.24, 2.45) is 5.14 Å². The third-order valence-corrected chi connectivity index (χ3v) is 5.59. The smallest absolute Gasteiger partial charge is 0.311 e. The molecule has 0 aliphatic carbocycles. The lowest BCUT2D eigenvalue weighted by molar-refractivity contribution is -0.384. The molecule has 0 spiro atoms. The zero-order valence-corrected chi connectivity index (χ0v) is 16.7. The predicted octanol–water partition coefficient (Wildman–Crippen LogP) is 3.53. The van der Waals surface area contributed by atoms with Crippen molar-refractivity contribution in [3.05, 3.63) is 81.7 Å². The van der Waals surface area contributed by atoms with E-state index in [9.17, 15) is 18.5 Å². The number of aromatic nitrogens is 1. The van der Waals surface area contributed by atoms with Gasteiger partial charge in [-0.1, -0.05) is 42.5 Å². The van der Waals surface area contributed by atoms with E-state index in [1.54, 1.807) is 26.0 Å². The van der Waals surface area contributed by atoms with Gasteiger partial charge in [0.2, 0.25) is 10.0 Å². The van der Waals surface area contributed by atoms with Crippen molar-refractivity contribution in [2.75, 3.05) is 5.32 Å². The number of primary sulfonamides is 1. The topological polar surface area (TPSA) is 128 Å². The molecule has 0 aliphatic heterocycles. The zero-order chi connectivity index (χ0) is 21.2. The Balaban J connectivity index is 2.02. The summed E-state index contributed by atoms with van der Waals surface area (Å²) in [6, 6.07) is 14.1. The number of aryl methyl sites for hydroxylation is 2. The number of nitrogens with zero attached hydrogens (tertiary/aromatic N) is 2. The average Bonchev–Trinajstić information content (AvgIpc) is 2.65. The molecule has 0 unspecified atom stereocenters. The molecule has 0 aliphatic rings. The molecule has 0 saturated carbocycles. The Morgan fingerprint density at radius 2 is 1.83 bits per heavy atom. The Hall–Kier alpha value is -3.30. The molecular formula is C20H20N4O4S. The molecular weight excluding hydrogens is 392 g/mol. The second-order valence-electron chi connectivity index (χ2n) is 6.60. The molecule has 1 heterocycles. The summed E-state index contributed by atoms with van der Waals surface area (Å²) in [5.41, 5.74) is 3.62. The van der Waals surface area contributed by atoms with Crippen molar-refractivity contribution in [2.45, 2.75) is 25.3 Å². The molecule has 0 fully saturated rings. The largest absolute Gasteiger partial charge is 0.375 e. The van der Waals surface area contributed by atoms with Crippen LogP contribution < -0.4 is 10.5 Å². The summed E-state index contributed by atoms with van der Waals surface area (Å²) < 4.78 is 23.2. The van der Waals surface area contributed by atoms with Crippen LogP contribution in [0.3, 0.4) is 0 Å². The first-order valence-corrected chi connectivity index (χ1v) is 10.3. The van der Waals surface area contributed by atoms with Crippen molar-refractivity contribution >= 4 is 21.4 Å². The maximum atomic E-state index is 11.6. The lowest BCUT2D eigenvalue weighted by atomic mass is 10.0. The van der Waals surface area contributed by atoms with Crippen LogP contribution >= 0.6 is 0 Å². The van der Waals surface area contributed by atoms with E-state index in [-0.39, 0.29) is 17.1 Å². The van der Waals surface area contributed by atoms with Gasteiger partial charge in [-0.05, 0) is 36.6 Å². The minimum atomic E-state index is -3.80. The Morgan fingerprint density at radius 3 is 2.41 bits per heavy atom. The van der Waals surface area contributed by atoms with Gasteiger partial charge in [-0.2, -0.15) is 0 Å². The molecule has 3 N–H and O–H groups in total. The molecule has 0 bridgehead atoms. The van der Waals surface area contributed by atoms with Crippen LogP contribution in [0, 0.1) is 24.0 Å². The van der Waals surface area contributed by atoms with Gasteiger partial charge in [0.05, 0.1) is 9.82 Å². The standard InChI is InChI=1S/C20H20N4O4S/c1-13-10-15(8-9-18(13)29(21,27)28)11-23-20-17(24(25)26)12-22-14(2)19(20)16-6-4-3-5-7-16/h3-10,12H,11H2,1-2H3,(H,22,23)(H2,21,27,28). The molecule has 1 aromatic heterocycles. The van der Waals surface area contributed by atoms with E-state index in [0.29, 0.717) is 22.5 Å². The van der Waals surface area contributed by atoms with Crippen molar-refractivity contribution in [1.29, 1.82) is 0 Å². The molecule has 0 radical (unpaired) electrons. The average molecular weight is 412 g/mol. The molecule has 3 aromatic rings. The van der Waals surface area contributed by atoms with E-state index in [1.165, 1.54) is 12.3 Å². The summed E-state index contributed by atoms with van der Waals surface area (Å²) in [7, 11) is -3.80. The van der Waals surface area contributed by atoms with E-state index >= 15 is 0 Å². The summed E-state index contributed by atoms with van der Waals surface area (Å²) in [5.74, 6) is 0. The molecule has 29 heavy (non-hydrogen) atoms. The first kappa shape index (κ1) is 20.4. The molecule has 0 amide bonds. The van der Waals surface area contributed by atoms with Gasteiger partial charge in [0, 0.05) is 17.8 Å². The lowest BCUT2D eigenvalue weighted by Gasteiger charge is -2.15. The Bertz CT molecular complexity index is 1180. The number of hydrogen-bond acceptors (Lipinski definition) is 6. The van der Waals surface area contributed by atoms with Gasteiger partial charge in [0.25, 0.3) is 0 Å². The van der Waals surface area contributed by atoms with Crippen molar-refractivity contribution in [1.82, 2.24) is 4.98 Å². The van der Waals surface area contributed by atoms with E-state index in [1.807, 2.05) is 30.3 Å². The van der Waals surface area contributed by atoms with Gasteiger partial charge in [-0.3, -0.25) is 15.1 Å². The number of nitrogens with two attached hydrogens (primary N) is 1. The molecule has 8 nitrogen and oxygen atoms in total. The van der Waals surface area contributed by atoms with Gasteiger partial charge >= 0.3 is 5.69 Å². The second kappa shape index (κ2) is 7.98. The summed E-state index contributed by atoms with van der Waals surface area (Å²) in [4.78, 5) is 15.3. The zero-order valence-electron chi connectivity index (χ0n) is 15.9. The lowest BCUT2D eigenvalue weighted by Crippen LogP contribution is -2.14. The molecule has 9 heteroatoms. The van der Waals surface area contributed by atoms with Crippen LogP contribution in [0.1, 0.15) is 16.8 Å². The normalized spacial score (nSPS) is 11.3. The Kier molecular flexibility index (Phi) is 5.62. The van der Waals surface area contributed by atoms with E-state index in [4.69, 9.17) is 5.14 Å². The van der Waals surface area contributed by atoms with Gasteiger partial charge < -0.3 is 5.32 Å². The first-order chi connectivity index (χ1) is 13.7. The molecule has 3 rings (SSSR count). The van der Waals surface area contributed by atoms with Gasteiger partial charge in [0.1, 0.15) is 11.9 Å². The fourth-order valence-corrected chi connectivity index (χ4v) is 3.97. The number of nitrogens with one attached hydrogen (secondary N) is 1. The number of pyridine rings is 1. The summed E-state index contributed by atoms with van der Waals surface area (Å²) in [6.45, 7) is 3.70. The van der Waals surface area contributed by atoms with Gasteiger partial charge in [-0.25, -0.2) is 13.6 Å². The maximum absolute atomic E-state index is 11.6. The Morgan fingerprint density at radius 1 is 1.14 bits per heavy atom. The number of benzene rings is 2. The highest BCUT2D eigenvalue weighted by atomic mass is 32.2. The van der Waals surface area contributed by atoms with Crippen LogP contribution in [-0.2, 0) is 16.6 Å². The fourth-order valence-electron chi connectivity index (χ4n) is 3.20. The number of anilines is 1. The van der Waals surface area contributed by atoms with Crippen molar-refractivity contribution in [3.63, 3.8) is 0 Å². The monoisotopic (exact) mass is 412 g/mol. The number of nitro groups is 1. The molecule has 0 saturated heterocycles. The van der Waals surface area contributed by atoms with Crippen LogP contribution in [0.2, 0.25) is 0 Å². The summed E-state index contributed by atoms with van der Waals surface area (Å²) >= 11 is 0. The van der Waals surface area contributed by atoms with E-state index in [2.05, 4.69) is 10.3 Å². The van der Waals surface area contributed by atoms with Crippen molar-refractivity contribution in [3.8, 4) is 11.1 Å². The minimum Gasteiger partial charge on any atom is -0.375 e. The second-order valence-corrected chi connectivity index (χ2v) is 8.13. The third-order valence-electron chi connectivity index (χ3n) is 4.52.